The van der Waals surface area contributed by atoms with Crippen molar-refractivity contribution in [1.29, 1.82) is 0 Å². The number of aliphatic hydroxyl groups is 1. The lowest BCUT2D eigenvalue weighted by atomic mass is 10.0. The normalized spacial score (nSPS) is 12.1. The summed E-state index contributed by atoms with van der Waals surface area (Å²) in [5.74, 6) is 1.73. The Hall–Kier alpha value is -2.21. The summed E-state index contributed by atoms with van der Waals surface area (Å²) in [7, 11) is 6.41. The number of benzene rings is 1. The van der Waals surface area contributed by atoms with E-state index in [0.717, 1.165) is 0 Å². The molecule has 0 saturated carbocycles. The molecule has 1 aromatic carbocycles. The van der Waals surface area contributed by atoms with Gasteiger partial charge in [-0.05, 0) is 12.1 Å². The topological polar surface area (TPSA) is 65.7 Å². The number of hydrogen-bond acceptors (Lipinski definition) is 5. The number of aromatic nitrogens is 2. The van der Waals surface area contributed by atoms with E-state index in [0.29, 0.717) is 28.5 Å². The quantitative estimate of drug-likeness (QED) is 0.898. The Balaban J connectivity index is 2.47. The number of nitrogens with zero attached hydrogens (tertiary/aromatic N) is 2. The molecule has 0 amide bonds. The fourth-order valence-electron chi connectivity index (χ4n) is 2.09. The average molecular weight is 278 g/mol. The molecule has 2 aromatic rings. The Bertz CT molecular complexity index is 595. The number of methoxy groups -OCH3 is 3. The molecule has 0 saturated heterocycles. The third kappa shape index (κ3) is 2.42. The lowest BCUT2D eigenvalue weighted by Crippen LogP contribution is -2.09. The Kier molecular flexibility index (Phi) is 4.14. The first-order valence-electron chi connectivity index (χ1n) is 6.08. The SMILES string of the molecule is COc1ccc(C(O)c2c(OC)cnn2C)c(OC)c1. The third-order valence-electron chi connectivity index (χ3n) is 3.16. The molecule has 6 nitrogen and oxygen atoms in total. The van der Waals surface area contributed by atoms with Crippen LogP contribution in [0.4, 0.5) is 0 Å². The van der Waals surface area contributed by atoms with Gasteiger partial charge in [0.1, 0.15) is 23.3 Å². The van der Waals surface area contributed by atoms with Gasteiger partial charge >= 0.3 is 0 Å². The highest BCUT2D eigenvalue weighted by Gasteiger charge is 2.23. The van der Waals surface area contributed by atoms with Crippen molar-refractivity contribution in [1.82, 2.24) is 9.78 Å². The van der Waals surface area contributed by atoms with E-state index in [-0.39, 0.29) is 0 Å². The number of aryl methyl sites for hydroxylation is 1. The zero-order valence-electron chi connectivity index (χ0n) is 12.0. The first kappa shape index (κ1) is 14.2. The van der Waals surface area contributed by atoms with Gasteiger partial charge in [0, 0.05) is 18.7 Å². The minimum atomic E-state index is -0.904. The summed E-state index contributed by atoms with van der Waals surface area (Å²) < 4.78 is 17.3. The van der Waals surface area contributed by atoms with Crippen LogP contribution in [-0.2, 0) is 7.05 Å². The summed E-state index contributed by atoms with van der Waals surface area (Å²) >= 11 is 0. The molecule has 0 aliphatic carbocycles. The second-order valence-corrected chi connectivity index (χ2v) is 4.23. The van der Waals surface area contributed by atoms with Gasteiger partial charge in [-0.3, -0.25) is 4.68 Å². The van der Waals surface area contributed by atoms with Crippen molar-refractivity contribution in [3.63, 3.8) is 0 Å². The molecular weight excluding hydrogens is 260 g/mol. The first-order valence-corrected chi connectivity index (χ1v) is 6.08. The summed E-state index contributed by atoms with van der Waals surface area (Å²) in [6.45, 7) is 0. The van der Waals surface area contributed by atoms with E-state index in [9.17, 15) is 5.11 Å². The van der Waals surface area contributed by atoms with Gasteiger partial charge in [0.15, 0.2) is 5.75 Å². The summed E-state index contributed by atoms with van der Waals surface area (Å²) in [6.07, 6.45) is 0.660. The molecule has 1 atom stereocenters. The Morgan fingerprint density at radius 3 is 2.40 bits per heavy atom. The molecule has 0 radical (unpaired) electrons. The maximum atomic E-state index is 10.6. The zero-order valence-corrected chi connectivity index (χ0v) is 12.0. The first-order chi connectivity index (χ1) is 9.62. The Morgan fingerprint density at radius 1 is 1.10 bits per heavy atom. The molecule has 0 spiro atoms. The second kappa shape index (κ2) is 5.83. The molecule has 1 N–H and O–H groups in total. The van der Waals surface area contributed by atoms with Crippen molar-refractivity contribution >= 4 is 0 Å². The summed E-state index contributed by atoms with van der Waals surface area (Å²) in [6, 6.07) is 5.25. The zero-order chi connectivity index (χ0) is 14.7. The van der Waals surface area contributed by atoms with Gasteiger partial charge in [-0.2, -0.15) is 5.10 Å². The van der Waals surface area contributed by atoms with Crippen LogP contribution in [0.15, 0.2) is 24.4 Å². The molecule has 1 unspecified atom stereocenters. The molecule has 0 aliphatic heterocycles. The van der Waals surface area contributed by atoms with Crippen molar-refractivity contribution in [3.8, 4) is 17.2 Å². The van der Waals surface area contributed by atoms with E-state index in [1.165, 1.54) is 0 Å². The molecule has 0 aliphatic rings. The molecular formula is C14H18N2O4. The molecule has 2 rings (SSSR count). The summed E-state index contributed by atoms with van der Waals surface area (Å²) in [5.41, 5.74) is 1.19. The van der Waals surface area contributed by atoms with Crippen LogP contribution >= 0.6 is 0 Å². The predicted octanol–water partition coefficient (Wildman–Crippen LogP) is 1.53. The van der Waals surface area contributed by atoms with Gasteiger partial charge in [-0.15, -0.1) is 0 Å². The van der Waals surface area contributed by atoms with E-state index >= 15 is 0 Å². The van der Waals surface area contributed by atoms with Crippen molar-refractivity contribution in [2.75, 3.05) is 21.3 Å². The van der Waals surface area contributed by atoms with Crippen LogP contribution in [-0.4, -0.2) is 36.2 Å². The molecule has 108 valence electrons. The van der Waals surface area contributed by atoms with Crippen LogP contribution in [0, 0.1) is 0 Å². The van der Waals surface area contributed by atoms with Crippen LogP contribution in [0.3, 0.4) is 0 Å². The van der Waals surface area contributed by atoms with E-state index < -0.39 is 6.10 Å². The minimum absolute atomic E-state index is 0.526. The molecule has 20 heavy (non-hydrogen) atoms. The highest BCUT2D eigenvalue weighted by Crippen LogP contribution is 2.36. The van der Waals surface area contributed by atoms with Gasteiger partial charge in [-0.25, -0.2) is 0 Å². The number of rotatable bonds is 5. The van der Waals surface area contributed by atoms with Crippen LogP contribution in [0.2, 0.25) is 0 Å². The predicted molar refractivity (Wildman–Crippen MR) is 73.4 cm³/mol. The maximum absolute atomic E-state index is 10.6. The Morgan fingerprint density at radius 2 is 1.80 bits per heavy atom. The Labute approximate surface area is 117 Å². The van der Waals surface area contributed by atoms with Gasteiger partial charge in [0.2, 0.25) is 0 Å². The van der Waals surface area contributed by atoms with E-state index in [2.05, 4.69) is 5.10 Å². The van der Waals surface area contributed by atoms with Crippen LogP contribution in [0.5, 0.6) is 17.2 Å². The highest BCUT2D eigenvalue weighted by atomic mass is 16.5. The van der Waals surface area contributed by atoms with Gasteiger partial charge in [0.05, 0.1) is 27.5 Å². The van der Waals surface area contributed by atoms with E-state index in [4.69, 9.17) is 14.2 Å². The fraction of sp³-hybridized carbons (Fsp3) is 0.357. The van der Waals surface area contributed by atoms with Crippen molar-refractivity contribution < 1.29 is 19.3 Å². The molecule has 6 heteroatoms. The molecule has 1 heterocycles. The molecule has 1 aromatic heterocycles. The smallest absolute Gasteiger partial charge is 0.162 e. The average Bonchev–Trinajstić information content (AvgIpc) is 2.86. The van der Waals surface area contributed by atoms with Crippen molar-refractivity contribution in [2.24, 2.45) is 7.05 Å². The molecule has 0 fully saturated rings. The number of aliphatic hydroxyl groups excluding tert-OH is 1. The lowest BCUT2D eigenvalue weighted by molar-refractivity contribution is 0.199. The molecule has 0 bridgehead atoms. The van der Waals surface area contributed by atoms with E-state index in [1.54, 1.807) is 57.5 Å². The van der Waals surface area contributed by atoms with Gasteiger partial charge in [0.25, 0.3) is 0 Å². The largest absolute Gasteiger partial charge is 0.497 e. The second-order valence-electron chi connectivity index (χ2n) is 4.23. The monoisotopic (exact) mass is 278 g/mol. The third-order valence-corrected chi connectivity index (χ3v) is 3.16. The standard InChI is InChI=1S/C14H18N2O4/c1-16-13(12(20-4)8-15-16)14(17)10-6-5-9(18-2)7-11(10)19-3/h5-8,14,17H,1-4H3. The maximum Gasteiger partial charge on any atom is 0.162 e. The van der Waals surface area contributed by atoms with Crippen LogP contribution < -0.4 is 14.2 Å². The summed E-state index contributed by atoms with van der Waals surface area (Å²) in [5, 5.41) is 14.7. The lowest BCUT2D eigenvalue weighted by Gasteiger charge is -2.17. The van der Waals surface area contributed by atoms with Crippen LogP contribution in [0.1, 0.15) is 17.4 Å². The van der Waals surface area contributed by atoms with Crippen molar-refractivity contribution in [2.45, 2.75) is 6.10 Å². The van der Waals surface area contributed by atoms with Crippen LogP contribution in [0.25, 0.3) is 0 Å². The minimum Gasteiger partial charge on any atom is -0.497 e. The number of hydrogen-bond donors (Lipinski definition) is 1. The van der Waals surface area contributed by atoms with Crippen molar-refractivity contribution in [3.05, 3.63) is 35.7 Å². The van der Waals surface area contributed by atoms with Gasteiger partial charge < -0.3 is 19.3 Å². The van der Waals surface area contributed by atoms with Gasteiger partial charge in [-0.1, -0.05) is 0 Å². The number of ether oxygens (including phenoxy) is 3. The fourth-order valence-corrected chi connectivity index (χ4v) is 2.09. The van der Waals surface area contributed by atoms with E-state index in [1.807, 2.05) is 0 Å². The summed E-state index contributed by atoms with van der Waals surface area (Å²) in [4.78, 5) is 0. The highest BCUT2D eigenvalue weighted by molar-refractivity contribution is 5.46.